The summed E-state index contributed by atoms with van der Waals surface area (Å²) in [5, 5.41) is 4.53. The Morgan fingerprint density at radius 2 is 1.95 bits per heavy atom. The highest BCUT2D eigenvalue weighted by Gasteiger charge is 2.23. The maximum atomic E-state index is 6.26. The summed E-state index contributed by atoms with van der Waals surface area (Å²) in [7, 11) is 0. The lowest BCUT2D eigenvalue weighted by atomic mass is 9.80. The number of anilines is 1. The number of aryl methyl sites for hydroxylation is 1. The quantitative estimate of drug-likeness (QED) is 0.783. The minimum Gasteiger partial charge on any atom is -0.385 e. The van der Waals surface area contributed by atoms with Gasteiger partial charge in [0.05, 0.1) is 0 Å². The first-order valence-corrected chi connectivity index (χ1v) is 8.13. The Bertz CT molecular complexity index is 449. The molecule has 1 unspecified atom stereocenters. The molecule has 0 spiro atoms. The number of halogens is 1. The third kappa shape index (κ3) is 3.08. The molecule has 1 aliphatic carbocycles. The lowest BCUT2D eigenvalue weighted by molar-refractivity contribution is 0.289. The minimum atomic E-state index is 0.800. The maximum absolute atomic E-state index is 6.26. The van der Waals surface area contributed by atoms with Gasteiger partial charge in [-0.1, -0.05) is 43.7 Å². The molecule has 1 saturated carbocycles. The first-order chi connectivity index (χ1) is 9.22. The van der Waals surface area contributed by atoms with Crippen LogP contribution in [0, 0.1) is 18.8 Å². The molecule has 0 bridgehead atoms. The van der Waals surface area contributed by atoms with E-state index in [0.717, 1.165) is 23.4 Å². The second-order valence-corrected chi connectivity index (χ2v) is 6.86. The molecule has 0 saturated heterocycles. The Morgan fingerprint density at radius 3 is 2.74 bits per heavy atom. The topological polar surface area (TPSA) is 12.0 Å². The fourth-order valence-electron chi connectivity index (χ4n) is 3.75. The van der Waals surface area contributed by atoms with E-state index in [2.05, 4.69) is 24.4 Å². The van der Waals surface area contributed by atoms with Gasteiger partial charge >= 0.3 is 0 Å². The molecule has 2 aliphatic rings. The average Bonchev–Trinajstić information content (AvgIpc) is 2.42. The second kappa shape index (κ2) is 5.75. The van der Waals surface area contributed by atoms with Crippen molar-refractivity contribution in [3.8, 4) is 0 Å². The predicted octanol–water partition coefficient (Wildman–Crippen LogP) is 5.20. The second-order valence-electron chi connectivity index (χ2n) is 6.45. The summed E-state index contributed by atoms with van der Waals surface area (Å²) >= 11 is 6.26. The molecular formula is C17H24ClN. The van der Waals surface area contributed by atoms with Crippen LogP contribution in [0.25, 0.3) is 0 Å². The Balaban J connectivity index is 1.66. The number of nitrogens with one attached hydrogen (secondary N) is 1. The molecule has 2 heteroatoms. The molecule has 1 N–H and O–H groups in total. The van der Waals surface area contributed by atoms with Gasteiger partial charge in [0.1, 0.15) is 0 Å². The van der Waals surface area contributed by atoms with Crippen LogP contribution in [0.2, 0.25) is 5.02 Å². The van der Waals surface area contributed by atoms with E-state index in [1.165, 1.54) is 61.8 Å². The highest BCUT2D eigenvalue weighted by Crippen LogP contribution is 2.35. The summed E-state index contributed by atoms with van der Waals surface area (Å²) in [6.07, 6.45) is 9.88. The van der Waals surface area contributed by atoms with Gasteiger partial charge in [0.25, 0.3) is 0 Å². The molecule has 0 amide bonds. The van der Waals surface area contributed by atoms with E-state index in [1.54, 1.807) is 0 Å². The molecule has 3 rings (SSSR count). The standard InChI is InChI=1S/C17H24ClN/c1-12-7-17-15(10-16(12)18)9-14(11-19-17)8-13-5-3-2-4-6-13/h7,10,13-14,19H,2-6,8-9,11H2,1H3. The number of hydrogen-bond acceptors (Lipinski definition) is 1. The predicted molar refractivity (Wildman–Crippen MR) is 83.1 cm³/mol. The van der Waals surface area contributed by atoms with Crippen molar-refractivity contribution in [3.05, 3.63) is 28.3 Å². The molecular weight excluding hydrogens is 254 g/mol. The molecule has 19 heavy (non-hydrogen) atoms. The highest BCUT2D eigenvalue weighted by molar-refractivity contribution is 6.31. The molecule has 1 nitrogen and oxygen atoms in total. The largest absolute Gasteiger partial charge is 0.385 e. The van der Waals surface area contributed by atoms with Gasteiger partial charge < -0.3 is 5.32 Å². The van der Waals surface area contributed by atoms with E-state index in [1.807, 2.05) is 0 Å². The van der Waals surface area contributed by atoms with Crippen LogP contribution in [-0.4, -0.2) is 6.54 Å². The molecule has 1 fully saturated rings. The van der Waals surface area contributed by atoms with E-state index in [4.69, 9.17) is 11.6 Å². The summed E-state index contributed by atoms with van der Waals surface area (Å²) in [6.45, 7) is 3.23. The van der Waals surface area contributed by atoms with Gasteiger partial charge in [-0.3, -0.25) is 0 Å². The summed E-state index contributed by atoms with van der Waals surface area (Å²) in [5.74, 6) is 1.78. The van der Waals surface area contributed by atoms with Crippen molar-refractivity contribution in [2.45, 2.75) is 51.9 Å². The number of rotatable bonds is 2. The average molecular weight is 278 g/mol. The smallest absolute Gasteiger partial charge is 0.0439 e. The van der Waals surface area contributed by atoms with Gasteiger partial charge in [0.2, 0.25) is 0 Å². The van der Waals surface area contributed by atoms with E-state index < -0.39 is 0 Å². The summed E-state index contributed by atoms with van der Waals surface area (Å²) in [4.78, 5) is 0. The number of benzene rings is 1. The van der Waals surface area contributed by atoms with Gasteiger partial charge in [-0.15, -0.1) is 0 Å². The molecule has 1 aliphatic heterocycles. The minimum absolute atomic E-state index is 0.800. The zero-order chi connectivity index (χ0) is 13.2. The number of fused-ring (bicyclic) bond motifs is 1. The lowest BCUT2D eigenvalue weighted by Gasteiger charge is -2.31. The molecule has 1 heterocycles. The van der Waals surface area contributed by atoms with E-state index in [-0.39, 0.29) is 0 Å². The van der Waals surface area contributed by atoms with Crippen LogP contribution < -0.4 is 5.32 Å². The molecule has 1 aromatic rings. The monoisotopic (exact) mass is 277 g/mol. The summed E-state index contributed by atoms with van der Waals surface area (Å²) in [5.41, 5.74) is 3.91. The molecule has 1 aromatic carbocycles. The van der Waals surface area contributed by atoms with Crippen LogP contribution in [0.3, 0.4) is 0 Å². The van der Waals surface area contributed by atoms with Gasteiger partial charge in [-0.25, -0.2) is 0 Å². The first-order valence-electron chi connectivity index (χ1n) is 7.75. The van der Waals surface area contributed by atoms with Crippen molar-refractivity contribution in [2.75, 3.05) is 11.9 Å². The van der Waals surface area contributed by atoms with Gasteiger partial charge in [0.15, 0.2) is 0 Å². The Kier molecular flexibility index (Phi) is 4.02. The van der Waals surface area contributed by atoms with Gasteiger partial charge in [-0.05, 0) is 54.9 Å². The fourth-order valence-corrected chi connectivity index (χ4v) is 3.94. The zero-order valence-corrected chi connectivity index (χ0v) is 12.6. The Hall–Kier alpha value is -0.690. The van der Waals surface area contributed by atoms with Crippen LogP contribution in [0.5, 0.6) is 0 Å². The molecule has 1 atom stereocenters. The third-order valence-corrected chi connectivity index (χ3v) is 5.27. The van der Waals surface area contributed by atoms with Gasteiger partial charge in [-0.2, -0.15) is 0 Å². The normalized spacial score (nSPS) is 23.8. The van der Waals surface area contributed by atoms with E-state index in [9.17, 15) is 0 Å². The molecule has 0 aromatic heterocycles. The Morgan fingerprint density at radius 1 is 1.16 bits per heavy atom. The third-order valence-electron chi connectivity index (χ3n) is 4.87. The summed E-state index contributed by atoms with van der Waals surface area (Å²) < 4.78 is 0. The van der Waals surface area contributed by atoms with Crippen molar-refractivity contribution in [3.63, 3.8) is 0 Å². The maximum Gasteiger partial charge on any atom is 0.0439 e. The molecule has 0 radical (unpaired) electrons. The van der Waals surface area contributed by atoms with Crippen molar-refractivity contribution >= 4 is 17.3 Å². The zero-order valence-electron chi connectivity index (χ0n) is 11.8. The van der Waals surface area contributed by atoms with Crippen molar-refractivity contribution < 1.29 is 0 Å². The van der Waals surface area contributed by atoms with Gasteiger partial charge in [0, 0.05) is 17.3 Å². The van der Waals surface area contributed by atoms with Crippen LogP contribution in [0.4, 0.5) is 5.69 Å². The summed E-state index contributed by atoms with van der Waals surface area (Å²) in [6, 6.07) is 4.38. The SMILES string of the molecule is Cc1cc2c(cc1Cl)CC(CC1CCCCC1)CN2. The first kappa shape index (κ1) is 13.3. The number of hydrogen-bond donors (Lipinski definition) is 1. The lowest BCUT2D eigenvalue weighted by Crippen LogP contribution is -2.26. The molecule has 104 valence electrons. The van der Waals surface area contributed by atoms with E-state index >= 15 is 0 Å². The van der Waals surface area contributed by atoms with Crippen molar-refractivity contribution in [2.24, 2.45) is 11.8 Å². The van der Waals surface area contributed by atoms with Crippen LogP contribution in [0.1, 0.15) is 49.7 Å². The Labute approximate surface area is 121 Å². The van der Waals surface area contributed by atoms with Crippen LogP contribution in [-0.2, 0) is 6.42 Å². The van der Waals surface area contributed by atoms with Crippen LogP contribution >= 0.6 is 11.6 Å². The van der Waals surface area contributed by atoms with Crippen molar-refractivity contribution in [1.82, 2.24) is 0 Å². The van der Waals surface area contributed by atoms with E-state index in [0.29, 0.717) is 0 Å². The van der Waals surface area contributed by atoms with Crippen molar-refractivity contribution in [1.29, 1.82) is 0 Å². The highest BCUT2D eigenvalue weighted by atomic mass is 35.5. The van der Waals surface area contributed by atoms with Crippen LogP contribution in [0.15, 0.2) is 12.1 Å². The fraction of sp³-hybridized carbons (Fsp3) is 0.647.